The zero-order chi connectivity index (χ0) is 8.23. The van der Waals surface area contributed by atoms with Gasteiger partial charge in [0.1, 0.15) is 4.38 Å². The van der Waals surface area contributed by atoms with Crippen LogP contribution in [-0.4, -0.2) is 21.7 Å². The molecule has 4 heteroatoms. The van der Waals surface area contributed by atoms with E-state index in [4.69, 9.17) is 0 Å². The fourth-order valence-electron chi connectivity index (χ4n) is 0.886. The second kappa shape index (κ2) is 3.96. The van der Waals surface area contributed by atoms with E-state index in [0.29, 0.717) is 0 Å². The van der Waals surface area contributed by atoms with Crippen molar-refractivity contribution in [2.75, 3.05) is 12.3 Å². The van der Waals surface area contributed by atoms with Crippen molar-refractivity contribution in [1.82, 2.24) is 4.98 Å². The van der Waals surface area contributed by atoms with Crippen LogP contribution in [0.15, 0.2) is 34.4 Å². The van der Waals surface area contributed by atoms with Crippen LogP contribution >= 0.6 is 23.5 Å². The molecule has 0 aliphatic carbocycles. The molecule has 2 nitrogen and oxygen atoms in total. The van der Waals surface area contributed by atoms with Crippen LogP contribution in [0.25, 0.3) is 0 Å². The van der Waals surface area contributed by atoms with E-state index < -0.39 is 0 Å². The molecular weight excluding hydrogens is 188 g/mol. The number of pyridine rings is 1. The fraction of sp³-hybridized carbons (Fsp3) is 0.250. The first-order valence-corrected chi connectivity index (χ1v) is 5.50. The molecular formula is C8H8N2S2. The van der Waals surface area contributed by atoms with Crippen LogP contribution in [0, 0.1) is 0 Å². The third-order valence-electron chi connectivity index (χ3n) is 1.40. The molecule has 1 aliphatic rings. The lowest BCUT2D eigenvalue weighted by atomic mass is 10.5. The van der Waals surface area contributed by atoms with Crippen LogP contribution in [0.4, 0.5) is 0 Å². The molecule has 0 amide bonds. The predicted molar refractivity (Wildman–Crippen MR) is 54.9 cm³/mol. The highest BCUT2D eigenvalue weighted by atomic mass is 32.2. The number of nitrogens with zero attached hydrogens (tertiary/aromatic N) is 2. The van der Waals surface area contributed by atoms with Crippen LogP contribution in [0.2, 0.25) is 0 Å². The number of thioether (sulfide) groups is 2. The van der Waals surface area contributed by atoms with Crippen LogP contribution in [0.5, 0.6) is 0 Å². The van der Waals surface area contributed by atoms with Gasteiger partial charge in [-0.3, -0.25) is 9.98 Å². The second-order valence-electron chi connectivity index (χ2n) is 2.29. The molecule has 0 bridgehead atoms. The normalized spacial score (nSPS) is 16.2. The van der Waals surface area contributed by atoms with Crippen LogP contribution in [0.1, 0.15) is 0 Å². The summed E-state index contributed by atoms with van der Waals surface area (Å²) < 4.78 is 1.17. The molecule has 2 heterocycles. The van der Waals surface area contributed by atoms with Crippen LogP contribution in [-0.2, 0) is 0 Å². The third kappa shape index (κ3) is 2.01. The summed E-state index contributed by atoms with van der Waals surface area (Å²) in [5.41, 5.74) is 0. The van der Waals surface area contributed by atoms with E-state index in [9.17, 15) is 0 Å². The molecule has 0 fully saturated rings. The van der Waals surface area contributed by atoms with Crippen molar-refractivity contribution in [3.05, 3.63) is 24.5 Å². The van der Waals surface area contributed by atoms with Crippen LogP contribution < -0.4 is 0 Å². The molecule has 62 valence electrons. The van der Waals surface area contributed by atoms with E-state index >= 15 is 0 Å². The van der Waals surface area contributed by atoms with E-state index in [2.05, 4.69) is 16.0 Å². The minimum Gasteiger partial charge on any atom is -0.271 e. The van der Waals surface area contributed by atoms with Crippen LogP contribution in [0.3, 0.4) is 0 Å². The summed E-state index contributed by atoms with van der Waals surface area (Å²) >= 11 is 3.52. The Balaban J connectivity index is 2.04. The van der Waals surface area contributed by atoms with E-state index in [-0.39, 0.29) is 0 Å². The Hall–Kier alpha value is -0.480. The number of aliphatic imine (C=N–C) groups is 1. The first-order valence-electron chi connectivity index (χ1n) is 3.70. The number of aromatic nitrogens is 1. The Morgan fingerprint density at radius 2 is 2.50 bits per heavy atom. The van der Waals surface area contributed by atoms with Gasteiger partial charge in [-0.1, -0.05) is 23.5 Å². The van der Waals surface area contributed by atoms with Crippen molar-refractivity contribution in [1.29, 1.82) is 0 Å². The lowest BCUT2D eigenvalue weighted by molar-refractivity contribution is 1.18. The summed E-state index contributed by atoms with van der Waals surface area (Å²) in [5, 5.41) is 0. The summed E-state index contributed by atoms with van der Waals surface area (Å²) in [4.78, 5) is 9.56. The Labute approximate surface area is 79.9 Å². The van der Waals surface area contributed by atoms with Gasteiger partial charge in [0.05, 0.1) is 6.54 Å². The minimum atomic E-state index is 0.966. The second-order valence-corrected chi connectivity index (χ2v) is 4.69. The minimum absolute atomic E-state index is 0.966. The van der Waals surface area contributed by atoms with E-state index in [1.54, 1.807) is 18.0 Å². The van der Waals surface area contributed by atoms with Gasteiger partial charge in [0.25, 0.3) is 0 Å². The Morgan fingerprint density at radius 1 is 1.50 bits per heavy atom. The molecule has 12 heavy (non-hydrogen) atoms. The van der Waals surface area contributed by atoms with E-state index in [1.165, 1.54) is 9.27 Å². The number of rotatable bonds is 1. The Bertz CT molecular complexity index is 284. The molecule has 0 aromatic carbocycles. The maximum atomic E-state index is 4.35. The smallest absolute Gasteiger partial charge is 0.129 e. The zero-order valence-corrected chi connectivity index (χ0v) is 8.07. The Kier molecular flexibility index (Phi) is 2.68. The zero-order valence-electron chi connectivity index (χ0n) is 6.43. The van der Waals surface area contributed by atoms with Gasteiger partial charge in [-0.05, 0) is 12.1 Å². The molecule has 0 saturated carbocycles. The summed E-state index contributed by atoms with van der Waals surface area (Å²) in [5.74, 6) is 1.13. The maximum absolute atomic E-state index is 4.35. The van der Waals surface area contributed by atoms with Crippen molar-refractivity contribution in [3.63, 3.8) is 0 Å². The highest BCUT2D eigenvalue weighted by molar-refractivity contribution is 8.39. The van der Waals surface area contributed by atoms with Crippen molar-refractivity contribution in [2.24, 2.45) is 4.99 Å². The fourth-order valence-corrected chi connectivity index (χ4v) is 2.82. The van der Waals surface area contributed by atoms with Gasteiger partial charge in [-0.2, -0.15) is 0 Å². The van der Waals surface area contributed by atoms with Gasteiger partial charge in [-0.15, -0.1) is 0 Å². The standard InChI is InChI=1S/C8H8N2S2/c1-2-7(6-9-3-1)12-8-10-4-5-11-8/h1-3,6H,4-5H2. The molecule has 2 rings (SSSR count). The predicted octanol–water partition coefficient (Wildman–Crippen LogP) is 2.28. The Morgan fingerprint density at radius 3 is 3.17 bits per heavy atom. The topological polar surface area (TPSA) is 25.2 Å². The lowest BCUT2D eigenvalue weighted by Gasteiger charge is -1.97. The average molecular weight is 196 g/mol. The average Bonchev–Trinajstić information content (AvgIpc) is 2.59. The van der Waals surface area contributed by atoms with E-state index in [1.807, 2.05) is 24.0 Å². The van der Waals surface area contributed by atoms with Crippen molar-refractivity contribution in [3.8, 4) is 0 Å². The summed E-state index contributed by atoms with van der Waals surface area (Å²) in [6.07, 6.45) is 3.65. The quantitative estimate of drug-likeness (QED) is 0.689. The number of hydrogen-bond donors (Lipinski definition) is 0. The third-order valence-corrected chi connectivity index (χ3v) is 3.54. The first kappa shape index (κ1) is 8.13. The van der Waals surface area contributed by atoms with Gasteiger partial charge >= 0.3 is 0 Å². The van der Waals surface area contributed by atoms with Crippen molar-refractivity contribution < 1.29 is 0 Å². The molecule has 1 aliphatic heterocycles. The molecule has 1 aromatic rings. The highest BCUT2D eigenvalue weighted by Gasteiger charge is 2.07. The molecule has 0 atom stereocenters. The summed E-state index contributed by atoms with van der Waals surface area (Å²) in [6.45, 7) is 0.966. The largest absolute Gasteiger partial charge is 0.271 e. The van der Waals surface area contributed by atoms with Gasteiger partial charge in [0, 0.05) is 23.0 Å². The van der Waals surface area contributed by atoms with Gasteiger partial charge in [0.15, 0.2) is 0 Å². The molecule has 0 spiro atoms. The number of hydrogen-bond acceptors (Lipinski definition) is 4. The molecule has 0 N–H and O–H groups in total. The lowest BCUT2D eigenvalue weighted by Crippen LogP contribution is -1.80. The first-order chi connectivity index (χ1) is 5.95. The molecule has 0 unspecified atom stereocenters. The van der Waals surface area contributed by atoms with Crippen molar-refractivity contribution >= 4 is 27.9 Å². The summed E-state index contributed by atoms with van der Waals surface area (Å²) in [6, 6.07) is 4.00. The van der Waals surface area contributed by atoms with Gasteiger partial charge in [-0.25, -0.2) is 0 Å². The molecule has 0 saturated heterocycles. The monoisotopic (exact) mass is 196 g/mol. The molecule has 0 radical (unpaired) electrons. The molecule has 1 aromatic heterocycles. The maximum Gasteiger partial charge on any atom is 0.129 e. The van der Waals surface area contributed by atoms with Gasteiger partial charge < -0.3 is 0 Å². The summed E-state index contributed by atoms with van der Waals surface area (Å²) in [7, 11) is 0. The van der Waals surface area contributed by atoms with Crippen molar-refractivity contribution in [2.45, 2.75) is 4.90 Å². The SMILES string of the molecule is c1cncc(SC2=NCCS2)c1. The van der Waals surface area contributed by atoms with E-state index in [0.717, 1.165) is 12.3 Å². The van der Waals surface area contributed by atoms with Gasteiger partial charge in [0.2, 0.25) is 0 Å². The highest BCUT2D eigenvalue weighted by Crippen LogP contribution is 2.27.